The maximum Gasteiger partial charge on any atom is 0.161 e. The Balaban J connectivity index is 2.34. The van der Waals surface area contributed by atoms with Gasteiger partial charge in [0.2, 0.25) is 0 Å². The van der Waals surface area contributed by atoms with Gasteiger partial charge in [-0.15, -0.1) is 0 Å². The van der Waals surface area contributed by atoms with Gasteiger partial charge in [0, 0.05) is 17.5 Å². The van der Waals surface area contributed by atoms with Gasteiger partial charge in [0.1, 0.15) is 5.82 Å². The van der Waals surface area contributed by atoms with Gasteiger partial charge in [0.25, 0.3) is 0 Å². The van der Waals surface area contributed by atoms with Crippen molar-refractivity contribution in [3.63, 3.8) is 0 Å². The highest BCUT2D eigenvalue weighted by Gasteiger charge is 2.23. The van der Waals surface area contributed by atoms with Crippen LogP contribution in [0.3, 0.4) is 0 Å². The second kappa shape index (κ2) is 5.45. The van der Waals surface area contributed by atoms with Crippen LogP contribution in [-0.4, -0.2) is 5.11 Å². The minimum absolute atomic E-state index is 0.241. The van der Waals surface area contributed by atoms with Gasteiger partial charge < -0.3 is 5.11 Å². The van der Waals surface area contributed by atoms with Crippen molar-refractivity contribution in [2.45, 2.75) is 18.9 Å². The van der Waals surface area contributed by atoms with Gasteiger partial charge >= 0.3 is 0 Å². The molecule has 0 radical (unpaired) electrons. The molecule has 2 unspecified atom stereocenters. The first-order valence-electron chi connectivity index (χ1n) is 5.88. The van der Waals surface area contributed by atoms with E-state index in [0.29, 0.717) is 12.1 Å². The number of aliphatic hydroxyl groups is 1. The molecule has 0 saturated heterocycles. The van der Waals surface area contributed by atoms with Crippen molar-refractivity contribution in [1.82, 2.24) is 0 Å². The lowest BCUT2D eigenvalue weighted by molar-refractivity contribution is 0.146. The highest BCUT2D eigenvalue weighted by molar-refractivity contribution is 5.28. The molecule has 1 nitrogen and oxygen atoms in total. The molecule has 0 spiro atoms. The fourth-order valence-corrected chi connectivity index (χ4v) is 1.97. The van der Waals surface area contributed by atoms with E-state index in [9.17, 15) is 18.3 Å². The van der Waals surface area contributed by atoms with Crippen molar-refractivity contribution in [2.75, 3.05) is 0 Å². The average molecular weight is 266 g/mol. The summed E-state index contributed by atoms with van der Waals surface area (Å²) in [6, 6.07) is 10.1. The summed E-state index contributed by atoms with van der Waals surface area (Å²) in [6.45, 7) is 1.70. The summed E-state index contributed by atoms with van der Waals surface area (Å²) in [5, 5.41) is 10.1. The van der Waals surface area contributed by atoms with Crippen LogP contribution in [0.5, 0.6) is 0 Å². The molecule has 4 heteroatoms. The summed E-state index contributed by atoms with van der Waals surface area (Å²) >= 11 is 0. The molecule has 0 aliphatic heterocycles. The van der Waals surface area contributed by atoms with Gasteiger partial charge in [-0.05, 0) is 11.6 Å². The van der Waals surface area contributed by atoms with E-state index in [1.165, 1.54) is 0 Å². The number of aliphatic hydroxyl groups excluding tert-OH is 1. The van der Waals surface area contributed by atoms with Crippen molar-refractivity contribution in [1.29, 1.82) is 0 Å². The predicted octanol–water partition coefficient (Wildman–Crippen LogP) is 3.94. The molecule has 0 aliphatic carbocycles. The van der Waals surface area contributed by atoms with Crippen molar-refractivity contribution in [3.05, 3.63) is 71.0 Å². The predicted molar refractivity (Wildman–Crippen MR) is 66.1 cm³/mol. The fraction of sp³-hybridized carbons (Fsp3) is 0.200. The normalized spacial score (nSPS) is 14.2. The maximum absolute atomic E-state index is 13.6. The molecule has 2 aromatic carbocycles. The highest BCUT2D eigenvalue weighted by atomic mass is 19.2. The molecule has 0 aliphatic rings. The molecule has 2 aromatic rings. The van der Waals surface area contributed by atoms with Crippen LogP contribution in [0, 0.1) is 17.5 Å². The SMILES string of the molecule is CC(c1ccccc1)C(O)c1cc(F)c(F)cc1F. The molecule has 100 valence electrons. The summed E-state index contributed by atoms with van der Waals surface area (Å²) in [6.07, 6.45) is -1.24. The number of hydrogen-bond acceptors (Lipinski definition) is 1. The first kappa shape index (κ1) is 13.6. The zero-order chi connectivity index (χ0) is 14.0. The molecule has 0 saturated carbocycles. The lowest BCUT2D eigenvalue weighted by atomic mass is 9.90. The van der Waals surface area contributed by atoms with Crippen LogP contribution < -0.4 is 0 Å². The van der Waals surface area contributed by atoms with Gasteiger partial charge in [-0.3, -0.25) is 0 Å². The van der Waals surface area contributed by atoms with Crippen molar-refractivity contribution >= 4 is 0 Å². The second-order valence-electron chi connectivity index (χ2n) is 4.43. The third kappa shape index (κ3) is 2.79. The Morgan fingerprint density at radius 2 is 1.47 bits per heavy atom. The minimum Gasteiger partial charge on any atom is -0.388 e. The largest absolute Gasteiger partial charge is 0.388 e. The van der Waals surface area contributed by atoms with Gasteiger partial charge in [-0.2, -0.15) is 0 Å². The van der Waals surface area contributed by atoms with E-state index in [4.69, 9.17) is 0 Å². The van der Waals surface area contributed by atoms with Crippen LogP contribution in [0.1, 0.15) is 30.1 Å². The van der Waals surface area contributed by atoms with E-state index in [-0.39, 0.29) is 5.56 Å². The van der Waals surface area contributed by atoms with E-state index in [2.05, 4.69) is 0 Å². The molecule has 0 amide bonds. The van der Waals surface area contributed by atoms with Gasteiger partial charge in [-0.25, -0.2) is 13.2 Å². The number of benzene rings is 2. The number of halogens is 3. The fourth-order valence-electron chi connectivity index (χ4n) is 1.97. The van der Waals surface area contributed by atoms with Crippen LogP contribution in [0.4, 0.5) is 13.2 Å². The Kier molecular flexibility index (Phi) is 3.90. The molecule has 0 fully saturated rings. The van der Waals surface area contributed by atoms with E-state index >= 15 is 0 Å². The number of rotatable bonds is 3. The summed E-state index contributed by atoms with van der Waals surface area (Å²) in [5.74, 6) is -3.81. The molecule has 1 N–H and O–H groups in total. The van der Waals surface area contributed by atoms with Gasteiger partial charge in [-0.1, -0.05) is 37.3 Å². The third-order valence-corrected chi connectivity index (χ3v) is 3.16. The Bertz CT molecular complexity index is 569. The number of hydrogen-bond donors (Lipinski definition) is 1. The van der Waals surface area contributed by atoms with Crippen molar-refractivity contribution < 1.29 is 18.3 Å². The summed E-state index contributed by atoms with van der Waals surface area (Å²) in [5.41, 5.74) is 0.550. The van der Waals surface area contributed by atoms with Crippen LogP contribution in [0.2, 0.25) is 0 Å². The van der Waals surface area contributed by atoms with Gasteiger partial charge in [0.05, 0.1) is 6.10 Å². The molecule has 19 heavy (non-hydrogen) atoms. The molecule has 0 heterocycles. The Morgan fingerprint density at radius 1 is 0.895 bits per heavy atom. The van der Waals surface area contributed by atoms with Crippen molar-refractivity contribution in [3.8, 4) is 0 Å². The van der Waals surface area contributed by atoms with Crippen LogP contribution in [0.25, 0.3) is 0 Å². The first-order chi connectivity index (χ1) is 9.00. The molecular formula is C15H13F3O. The van der Waals surface area contributed by atoms with E-state index in [0.717, 1.165) is 5.56 Å². The Labute approximate surface area is 109 Å². The lowest BCUT2D eigenvalue weighted by Gasteiger charge is -2.20. The van der Waals surface area contributed by atoms with Crippen LogP contribution in [0.15, 0.2) is 42.5 Å². The van der Waals surface area contributed by atoms with E-state index in [1.807, 2.05) is 6.07 Å². The van der Waals surface area contributed by atoms with Crippen LogP contribution in [-0.2, 0) is 0 Å². The second-order valence-corrected chi connectivity index (χ2v) is 4.43. The zero-order valence-electron chi connectivity index (χ0n) is 10.3. The Hall–Kier alpha value is -1.81. The average Bonchev–Trinajstić information content (AvgIpc) is 2.42. The summed E-state index contributed by atoms with van der Waals surface area (Å²) in [7, 11) is 0. The Morgan fingerprint density at radius 3 is 2.11 bits per heavy atom. The molecule has 0 aromatic heterocycles. The molecule has 2 atom stereocenters. The summed E-state index contributed by atoms with van der Waals surface area (Å²) in [4.78, 5) is 0. The van der Waals surface area contributed by atoms with Crippen LogP contribution >= 0.6 is 0 Å². The monoisotopic (exact) mass is 266 g/mol. The molecule has 2 rings (SSSR count). The third-order valence-electron chi connectivity index (χ3n) is 3.16. The topological polar surface area (TPSA) is 20.2 Å². The lowest BCUT2D eigenvalue weighted by Crippen LogP contribution is -2.10. The smallest absolute Gasteiger partial charge is 0.161 e. The van der Waals surface area contributed by atoms with Crippen molar-refractivity contribution in [2.24, 2.45) is 0 Å². The highest BCUT2D eigenvalue weighted by Crippen LogP contribution is 2.32. The quantitative estimate of drug-likeness (QED) is 0.834. The van der Waals surface area contributed by atoms with Gasteiger partial charge in [0.15, 0.2) is 11.6 Å². The standard InChI is InChI=1S/C15H13F3O/c1-9(10-5-3-2-4-6-10)15(19)11-7-13(17)14(18)8-12(11)16/h2-9,15,19H,1H3. The first-order valence-corrected chi connectivity index (χ1v) is 5.88. The van der Waals surface area contributed by atoms with E-state index < -0.39 is 29.5 Å². The molecule has 0 bridgehead atoms. The van der Waals surface area contributed by atoms with E-state index in [1.54, 1.807) is 31.2 Å². The maximum atomic E-state index is 13.6. The minimum atomic E-state index is -1.26. The summed E-state index contributed by atoms with van der Waals surface area (Å²) < 4.78 is 39.6. The molecular weight excluding hydrogens is 253 g/mol. The zero-order valence-corrected chi connectivity index (χ0v) is 10.3.